The SMILES string of the molecule is COc1ccc(C)cc1NCc1ccc(OC)c2ccccc12.O=C(O)C(=O)O. The molecule has 0 aromatic heterocycles. The quantitative estimate of drug-likeness (QED) is 0.560. The van der Waals surface area contributed by atoms with Crippen LogP contribution in [-0.4, -0.2) is 36.4 Å². The summed E-state index contributed by atoms with van der Waals surface area (Å²) in [6.07, 6.45) is 0. The summed E-state index contributed by atoms with van der Waals surface area (Å²) in [4.78, 5) is 18.2. The van der Waals surface area contributed by atoms with Crippen molar-refractivity contribution in [2.24, 2.45) is 0 Å². The van der Waals surface area contributed by atoms with Gasteiger partial charge in [0.05, 0.1) is 19.9 Å². The minimum Gasteiger partial charge on any atom is -0.496 e. The van der Waals surface area contributed by atoms with Gasteiger partial charge in [0.2, 0.25) is 0 Å². The maximum atomic E-state index is 9.10. The third-order valence-corrected chi connectivity index (χ3v) is 4.20. The molecule has 0 aliphatic heterocycles. The molecule has 3 aromatic carbocycles. The Morgan fingerprint density at radius 3 is 2.03 bits per heavy atom. The van der Waals surface area contributed by atoms with Crippen molar-refractivity contribution in [2.45, 2.75) is 13.5 Å². The van der Waals surface area contributed by atoms with Gasteiger partial charge < -0.3 is 25.0 Å². The second-order valence-electron chi connectivity index (χ2n) is 6.14. The number of hydrogen-bond acceptors (Lipinski definition) is 5. The first-order chi connectivity index (χ1) is 13.9. The number of ether oxygens (including phenoxy) is 2. The van der Waals surface area contributed by atoms with Gasteiger partial charge in [0.25, 0.3) is 0 Å². The van der Waals surface area contributed by atoms with Crippen LogP contribution in [0.1, 0.15) is 11.1 Å². The van der Waals surface area contributed by atoms with Gasteiger partial charge >= 0.3 is 11.9 Å². The molecule has 0 unspecified atom stereocenters. The van der Waals surface area contributed by atoms with Gasteiger partial charge in [0.1, 0.15) is 11.5 Å². The zero-order valence-corrected chi connectivity index (χ0v) is 16.4. The van der Waals surface area contributed by atoms with Gasteiger partial charge in [-0.1, -0.05) is 36.4 Å². The fourth-order valence-corrected chi connectivity index (χ4v) is 2.82. The van der Waals surface area contributed by atoms with Crippen LogP contribution in [0.25, 0.3) is 10.8 Å². The Morgan fingerprint density at radius 1 is 0.862 bits per heavy atom. The molecular weight excluding hydrogens is 374 g/mol. The molecule has 0 radical (unpaired) electrons. The summed E-state index contributed by atoms with van der Waals surface area (Å²) in [7, 11) is 3.40. The number of carboxylic acids is 2. The summed E-state index contributed by atoms with van der Waals surface area (Å²) in [6, 6.07) is 18.6. The third-order valence-electron chi connectivity index (χ3n) is 4.20. The second-order valence-corrected chi connectivity index (χ2v) is 6.14. The standard InChI is InChI=1S/C20H21NO2.C2H2O4/c1-14-8-10-20(23-3)18(12-14)21-13-15-9-11-19(22-2)17-7-5-4-6-16(15)17;3-1(4)2(5)6/h4-12,21H,13H2,1-3H3;(H,3,4)(H,5,6). The highest BCUT2D eigenvalue weighted by atomic mass is 16.5. The lowest BCUT2D eigenvalue weighted by Gasteiger charge is -2.14. The average Bonchev–Trinajstić information content (AvgIpc) is 2.72. The lowest BCUT2D eigenvalue weighted by molar-refractivity contribution is -0.159. The van der Waals surface area contributed by atoms with Crippen LogP contribution in [0.5, 0.6) is 11.5 Å². The van der Waals surface area contributed by atoms with Crippen LogP contribution in [0.3, 0.4) is 0 Å². The number of carboxylic acid groups (broad SMARTS) is 2. The number of benzene rings is 3. The molecule has 29 heavy (non-hydrogen) atoms. The Hall–Kier alpha value is -3.74. The first-order valence-corrected chi connectivity index (χ1v) is 8.76. The van der Waals surface area contributed by atoms with Crippen molar-refractivity contribution in [1.29, 1.82) is 0 Å². The largest absolute Gasteiger partial charge is 0.496 e. The van der Waals surface area contributed by atoms with Crippen molar-refractivity contribution in [2.75, 3.05) is 19.5 Å². The minimum atomic E-state index is -1.82. The molecule has 3 N–H and O–H groups in total. The second kappa shape index (κ2) is 9.98. The summed E-state index contributed by atoms with van der Waals surface area (Å²) in [5.41, 5.74) is 3.44. The highest BCUT2D eigenvalue weighted by molar-refractivity contribution is 6.27. The predicted molar refractivity (Wildman–Crippen MR) is 111 cm³/mol. The van der Waals surface area contributed by atoms with E-state index in [1.54, 1.807) is 14.2 Å². The van der Waals surface area contributed by atoms with Crippen LogP contribution in [0, 0.1) is 6.92 Å². The molecule has 0 saturated heterocycles. The highest BCUT2D eigenvalue weighted by Gasteiger charge is 2.08. The number of nitrogens with one attached hydrogen (secondary N) is 1. The lowest BCUT2D eigenvalue weighted by atomic mass is 10.0. The summed E-state index contributed by atoms with van der Waals surface area (Å²) >= 11 is 0. The molecule has 0 bridgehead atoms. The van der Waals surface area contributed by atoms with Crippen LogP contribution in [0.4, 0.5) is 5.69 Å². The van der Waals surface area contributed by atoms with Crippen LogP contribution in [-0.2, 0) is 16.1 Å². The van der Waals surface area contributed by atoms with Gasteiger partial charge in [-0.05, 0) is 41.6 Å². The van der Waals surface area contributed by atoms with E-state index in [-0.39, 0.29) is 0 Å². The summed E-state index contributed by atoms with van der Waals surface area (Å²) < 4.78 is 10.9. The molecule has 0 atom stereocenters. The first kappa shape index (κ1) is 21.6. The number of methoxy groups -OCH3 is 2. The number of aryl methyl sites for hydroxylation is 1. The molecule has 7 heteroatoms. The van der Waals surface area contributed by atoms with Crippen molar-refractivity contribution < 1.29 is 29.3 Å². The molecule has 0 amide bonds. The van der Waals surface area contributed by atoms with E-state index in [9.17, 15) is 0 Å². The molecule has 3 aromatic rings. The minimum absolute atomic E-state index is 0.727. The summed E-state index contributed by atoms with van der Waals surface area (Å²) in [5.74, 6) is -1.89. The Labute approximate surface area is 168 Å². The van der Waals surface area contributed by atoms with Gasteiger partial charge in [0, 0.05) is 11.9 Å². The van der Waals surface area contributed by atoms with Gasteiger partial charge in [-0.2, -0.15) is 0 Å². The van der Waals surface area contributed by atoms with Crippen LogP contribution in [0.15, 0.2) is 54.6 Å². The number of rotatable bonds is 5. The monoisotopic (exact) mass is 397 g/mol. The van der Waals surface area contributed by atoms with E-state index in [1.165, 1.54) is 16.5 Å². The van der Waals surface area contributed by atoms with Crippen molar-refractivity contribution in [1.82, 2.24) is 0 Å². The highest BCUT2D eigenvalue weighted by Crippen LogP contribution is 2.30. The van der Waals surface area contributed by atoms with E-state index in [1.807, 2.05) is 24.3 Å². The molecule has 3 rings (SSSR count). The van der Waals surface area contributed by atoms with Gasteiger partial charge in [-0.25, -0.2) is 9.59 Å². The maximum Gasteiger partial charge on any atom is 0.414 e. The summed E-state index contributed by atoms with van der Waals surface area (Å²) in [5, 5.41) is 20.6. The fourth-order valence-electron chi connectivity index (χ4n) is 2.82. The molecular formula is C22H23NO6. The van der Waals surface area contributed by atoms with Gasteiger partial charge in [-0.15, -0.1) is 0 Å². The number of fused-ring (bicyclic) bond motifs is 1. The van der Waals surface area contributed by atoms with Crippen LogP contribution in [0.2, 0.25) is 0 Å². The Kier molecular flexibility index (Phi) is 7.42. The van der Waals surface area contributed by atoms with E-state index in [0.717, 1.165) is 29.1 Å². The Bertz CT molecular complexity index is 1000. The van der Waals surface area contributed by atoms with Gasteiger partial charge in [-0.3, -0.25) is 0 Å². The van der Waals surface area contributed by atoms with Crippen molar-refractivity contribution in [3.8, 4) is 11.5 Å². The molecule has 7 nitrogen and oxygen atoms in total. The summed E-state index contributed by atoms with van der Waals surface area (Å²) in [6.45, 7) is 2.80. The molecule has 152 valence electrons. The average molecular weight is 397 g/mol. The molecule has 0 saturated carbocycles. The normalized spacial score (nSPS) is 9.90. The Morgan fingerprint density at radius 2 is 1.45 bits per heavy atom. The van der Waals surface area contributed by atoms with Crippen molar-refractivity contribution >= 4 is 28.4 Å². The number of aliphatic carboxylic acids is 2. The van der Waals surface area contributed by atoms with Crippen molar-refractivity contribution in [3.63, 3.8) is 0 Å². The zero-order chi connectivity index (χ0) is 21.4. The Balaban J connectivity index is 0.000000438. The van der Waals surface area contributed by atoms with Crippen molar-refractivity contribution in [3.05, 3.63) is 65.7 Å². The van der Waals surface area contributed by atoms with E-state index >= 15 is 0 Å². The number of anilines is 1. The zero-order valence-electron chi connectivity index (χ0n) is 16.4. The van der Waals surface area contributed by atoms with Crippen LogP contribution < -0.4 is 14.8 Å². The lowest BCUT2D eigenvalue weighted by Crippen LogP contribution is -2.09. The smallest absolute Gasteiger partial charge is 0.414 e. The molecule has 0 fully saturated rings. The maximum absolute atomic E-state index is 9.10. The number of carbonyl (C=O) groups is 2. The van der Waals surface area contributed by atoms with E-state index in [2.05, 4.69) is 42.6 Å². The first-order valence-electron chi connectivity index (χ1n) is 8.76. The van der Waals surface area contributed by atoms with Gasteiger partial charge in [0.15, 0.2) is 0 Å². The molecule has 0 spiro atoms. The third kappa shape index (κ3) is 5.62. The molecule has 0 aliphatic rings. The fraction of sp³-hybridized carbons (Fsp3) is 0.182. The van der Waals surface area contributed by atoms with E-state index < -0.39 is 11.9 Å². The van der Waals surface area contributed by atoms with E-state index in [0.29, 0.717) is 0 Å². The molecule has 0 heterocycles. The van der Waals surface area contributed by atoms with E-state index in [4.69, 9.17) is 29.3 Å². The topological polar surface area (TPSA) is 105 Å². The number of hydrogen-bond donors (Lipinski definition) is 3. The molecule has 0 aliphatic carbocycles. The predicted octanol–water partition coefficient (Wildman–Crippen LogP) is 3.93. The van der Waals surface area contributed by atoms with Crippen LogP contribution >= 0.6 is 0 Å².